The first kappa shape index (κ1) is 14.2. The fourth-order valence-corrected chi connectivity index (χ4v) is 3.69. The largest absolute Gasteiger partial charge is 0.508 e. The molecule has 0 aliphatic rings. The molecule has 0 amide bonds. The summed E-state index contributed by atoms with van der Waals surface area (Å²) in [5.74, 6) is 0.583. The van der Waals surface area contributed by atoms with E-state index in [4.69, 9.17) is 4.42 Å². The van der Waals surface area contributed by atoms with Crippen LogP contribution in [0, 0.1) is 13.8 Å². The number of fused-ring (bicyclic) bond motifs is 5. The molecule has 0 aliphatic carbocycles. The van der Waals surface area contributed by atoms with Crippen LogP contribution in [0.3, 0.4) is 0 Å². The van der Waals surface area contributed by atoms with Crippen molar-refractivity contribution in [3.05, 3.63) is 59.7 Å². The van der Waals surface area contributed by atoms with Gasteiger partial charge in [-0.15, -0.1) is 0 Å². The second kappa shape index (κ2) is 4.67. The molecular formula is C22H16O3. The van der Waals surface area contributed by atoms with Crippen LogP contribution >= 0.6 is 0 Å². The molecule has 0 aliphatic heterocycles. The summed E-state index contributed by atoms with van der Waals surface area (Å²) >= 11 is 0. The average Bonchev–Trinajstić information content (AvgIpc) is 2.96. The van der Waals surface area contributed by atoms with Crippen molar-refractivity contribution in [1.29, 1.82) is 0 Å². The van der Waals surface area contributed by atoms with Crippen LogP contribution < -0.4 is 0 Å². The van der Waals surface area contributed by atoms with Crippen molar-refractivity contribution in [2.45, 2.75) is 13.8 Å². The second-order valence-corrected chi connectivity index (χ2v) is 6.66. The third-order valence-electron chi connectivity index (χ3n) is 5.23. The molecule has 0 unspecified atom stereocenters. The van der Waals surface area contributed by atoms with E-state index in [0.717, 1.165) is 54.6 Å². The summed E-state index contributed by atoms with van der Waals surface area (Å²) in [4.78, 5) is 0. The van der Waals surface area contributed by atoms with Gasteiger partial charge in [-0.05, 0) is 82.9 Å². The molecule has 5 rings (SSSR count). The zero-order valence-corrected chi connectivity index (χ0v) is 13.9. The van der Waals surface area contributed by atoms with Crippen molar-refractivity contribution < 1.29 is 14.6 Å². The van der Waals surface area contributed by atoms with Gasteiger partial charge in [0.05, 0.1) is 0 Å². The first-order valence-corrected chi connectivity index (χ1v) is 8.24. The van der Waals surface area contributed by atoms with Gasteiger partial charge in [0, 0.05) is 10.8 Å². The molecule has 4 aromatic carbocycles. The molecule has 0 fully saturated rings. The van der Waals surface area contributed by atoms with E-state index in [1.807, 2.05) is 38.1 Å². The molecule has 2 N–H and O–H groups in total. The Morgan fingerprint density at radius 2 is 1.04 bits per heavy atom. The summed E-state index contributed by atoms with van der Waals surface area (Å²) < 4.78 is 6.10. The van der Waals surface area contributed by atoms with Gasteiger partial charge < -0.3 is 14.6 Å². The highest BCUT2D eigenvalue weighted by Crippen LogP contribution is 2.38. The van der Waals surface area contributed by atoms with Crippen LogP contribution in [0.5, 0.6) is 11.5 Å². The van der Waals surface area contributed by atoms with E-state index in [9.17, 15) is 10.2 Å². The van der Waals surface area contributed by atoms with Gasteiger partial charge in [0.1, 0.15) is 22.7 Å². The van der Waals surface area contributed by atoms with E-state index in [0.29, 0.717) is 11.5 Å². The van der Waals surface area contributed by atoms with Crippen LogP contribution in [0.25, 0.3) is 43.5 Å². The molecule has 0 bridgehead atoms. The first-order valence-electron chi connectivity index (χ1n) is 8.24. The number of phenolic OH excluding ortho intramolecular Hbond substituents is 2. The molecule has 3 nitrogen and oxygen atoms in total. The first-order chi connectivity index (χ1) is 12.0. The Morgan fingerprint density at radius 1 is 0.600 bits per heavy atom. The minimum absolute atomic E-state index is 0.291. The normalized spacial score (nSPS) is 11.9. The maximum atomic E-state index is 9.96. The Morgan fingerprint density at radius 3 is 1.48 bits per heavy atom. The lowest BCUT2D eigenvalue weighted by molar-refractivity contribution is 0.471. The number of benzene rings is 4. The molecule has 1 heterocycles. The van der Waals surface area contributed by atoms with Gasteiger partial charge in [0.15, 0.2) is 0 Å². The van der Waals surface area contributed by atoms with Crippen molar-refractivity contribution in [2.24, 2.45) is 0 Å². The van der Waals surface area contributed by atoms with E-state index < -0.39 is 0 Å². The van der Waals surface area contributed by atoms with Gasteiger partial charge in [-0.25, -0.2) is 0 Å². The predicted molar refractivity (Wildman–Crippen MR) is 102 cm³/mol. The number of aromatic hydroxyl groups is 2. The smallest absolute Gasteiger partial charge is 0.136 e. The Kier molecular flexibility index (Phi) is 2.65. The number of phenols is 2. The summed E-state index contributed by atoms with van der Waals surface area (Å²) in [5.41, 5.74) is 3.30. The molecule has 0 saturated heterocycles. The van der Waals surface area contributed by atoms with Gasteiger partial charge in [-0.2, -0.15) is 0 Å². The van der Waals surface area contributed by atoms with Crippen molar-refractivity contribution in [3.8, 4) is 11.5 Å². The molecule has 25 heavy (non-hydrogen) atoms. The van der Waals surface area contributed by atoms with Gasteiger partial charge in [0.2, 0.25) is 0 Å². The Balaban J connectivity index is 1.95. The van der Waals surface area contributed by atoms with Crippen LogP contribution in [-0.2, 0) is 0 Å². The quantitative estimate of drug-likeness (QED) is 0.371. The van der Waals surface area contributed by atoms with Gasteiger partial charge in [-0.1, -0.05) is 12.1 Å². The Hall–Kier alpha value is -3.20. The SMILES string of the molecule is Cc1c(O)ccc2cc3c(cc12)oc1cc2c(C)c(O)ccc2cc13. The fraction of sp³-hybridized carbons (Fsp3) is 0.0909. The third-order valence-corrected chi connectivity index (χ3v) is 5.23. The number of aryl methyl sites for hydroxylation is 2. The zero-order valence-electron chi connectivity index (χ0n) is 13.9. The minimum atomic E-state index is 0.291. The molecule has 3 heteroatoms. The zero-order chi connectivity index (χ0) is 17.3. The van der Waals surface area contributed by atoms with Crippen molar-refractivity contribution in [1.82, 2.24) is 0 Å². The molecule has 1 aromatic heterocycles. The van der Waals surface area contributed by atoms with Crippen molar-refractivity contribution in [3.63, 3.8) is 0 Å². The second-order valence-electron chi connectivity index (χ2n) is 6.66. The van der Waals surface area contributed by atoms with Gasteiger partial charge >= 0.3 is 0 Å². The average molecular weight is 328 g/mol. The van der Waals surface area contributed by atoms with Crippen LogP contribution in [0.2, 0.25) is 0 Å². The van der Waals surface area contributed by atoms with E-state index in [-0.39, 0.29) is 0 Å². The molecule has 0 spiro atoms. The highest BCUT2D eigenvalue weighted by molar-refractivity contribution is 6.14. The van der Waals surface area contributed by atoms with E-state index in [1.165, 1.54) is 0 Å². The maximum absolute atomic E-state index is 9.96. The lowest BCUT2D eigenvalue weighted by atomic mass is 9.99. The number of hydrogen-bond donors (Lipinski definition) is 2. The molecule has 5 aromatic rings. The predicted octanol–water partition coefficient (Wildman–Crippen LogP) is 5.92. The molecule has 0 atom stereocenters. The molecule has 122 valence electrons. The summed E-state index contributed by atoms with van der Waals surface area (Å²) in [6, 6.07) is 15.5. The topological polar surface area (TPSA) is 53.6 Å². The summed E-state index contributed by atoms with van der Waals surface area (Å²) in [6.07, 6.45) is 0. The minimum Gasteiger partial charge on any atom is -0.508 e. The maximum Gasteiger partial charge on any atom is 0.136 e. The van der Waals surface area contributed by atoms with E-state index >= 15 is 0 Å². The van der Waals surface area contributed by atoms with Crippen molar-refractivity contribution in [2.75, 3.05) is 0 Å². The van der Waals surface area contributed by atoms with Crippen LogP contribution in [-0.4, -0.2) is 10.2 Å². The molecule has 0 radical (unpaired) electrons. The summed E-state index contributed by atoms with van der Waals surface area (Å²) in [5, 5.41) is 26.2. The summed E-state index contributed by atoms with van der Waals surface area (Å²) in [6.45, 7) is 3.82. The van der Waals surface area contributed by atoms with E-state index in [2.05, 4.69) is 12.1 Å². The Bertz CT molecular complexity index is 1220. The lowest BCUT2D eigenvalue weighted by Crippen LogP contribution is -1.81. The third kappa shape index (κ3) is 1.86. The lowest BCUT2D eigenvalue weighted by Gasteiger charge is -2.05. The molecule has 0 saturated carbocycles. The standard InChI is InChI=1S/C22H16O3/c1-11-15-9-21-17(7-13(15)3-5-19(11)23)18-8-14-4-6-20(24)12(2)16(14)10-22(18)25-21/h3-10,23-24H,1-2H3. The highest BCUT2D eigenvalue weighted by atomic mass is 16.3. The number of rotatable bonds is 0. The number of furan rings is 1. The van der Waals surface area contributed by atoms with Crippen LogP contribution in [0.4, 0.5) is 0 Å². The van der Waals surface area contributed by atoms with Gasteiger partial charge in [0.25, 0.3) is 0 Å². The molecular weight excluding hydrogens is 312 g/mol. The fourth-order valence-electron chi connectivity index (χ4n) is 3.69. The highest BCUT2D eigenvalue weighted by Gasteiger charge is 2.13. The van der Waals surface area contributed by atoms with E-state index in [1.54, 1.807) is 12.1 Å². The number of hydrogen-bond acceptors (Lipinski definition) is 3. The monoisotopic (exact) mass is 328 g/mol. The summed E-state index contributed by atoms with van der Waals surface area (Å²) in [7, 11) is 0. The van der Waals surface area contributed by atoms with Gasteiger partial charge in [-0.3, -0.25) is 0 Å². The van der Waals surface area contributed by atoms with Crippen LogP contribution in [0.1, 0.15) is 11.1 Å². The van der Waals surface area contributed by atoms with Crippen LogP contribution in [0.15, 0.2) is 52.9 Å². The Labute approximate surface area is 143 Å². The van der Waals surface area contributed by atoms with Crippen molar-refractivity contribution >= 4 is 43.5 Å².